The number of nitrogens with zero attached hydrogens (tertiary/aromatic N) is 2. The molecule has 0 aliphatic heterocycles. The van der Waals surface area contributed by atoms with E-state index in [0.29, 0.717) is 34.4 Å². The summed E-state index contributed by atoms with van der Waals surface area (Å²) < 4.78 is 0. The van der Waals surface area contributed by atoms with Gasteiger partial charge in [-0.1, -0.05) is 56.3 Å². The second kappa shape index (κ2) is 8.29. The summed E-state index contributed by atoms with van der Waals surface area (Å²) in [5, 5.41) is 3.92. The van der Waals surface area contributed by atoms with E-state index in [-0.39, 0.29) is 17.5 Å². The largest absolute Gasteiger partial charge is 0.345 e. The van der Waals surface area contributed by atoms with E-state index >= 15 is 0 Å². The molecule has 6 nitrogen and oxygen atoms in total. The number of rotatable bonds is 7. The van der Waals surface area contributed by atoms with Crippen molar-refractivity contribution < 1.29 is 9.59 Å². The number of aromatic nitrogens is 3. The number of benzene rings is 2. The Morgan fingerprint density at radius 3 is 2.43 bits per heavy atom. The van der Waals surface area contributed by atoms with Crippen LogP contribution < -0.4 is 5.32 Å². The number of ketones is 2. The van der Waals surface area contributed by atoms with Crippen molar-refractivity contribution >= 4 is 34.1 Å². The van der Waals surface area contributed by atoms with Crippen LogP contribution in [-0.2, 0) is 11.2 Å². The van der Waals surface area contributed by atoms with Crippen LogP contribution in [0.3, 0.4) is 0 Å². The molecule has 0 aliphatic rings. The number of hydrogen-bond acceptors (Lipinski definition) is 5. The van der Waals surface area contributed by atoms with Crippen molar-refractivity contribution in [3.05, 3.63) is 83.8 Å². The zero-order chi connectivity index (χ0) is 21.1. The molecule has 4 rings (SSSR count). The Hall–Kier alpha value is -3.80. The molecule has 0 bridgehead atoms. The summed E-state index contributed by atoms with van der Waals surface area (Å²) in [4.78, 5) is 36.6. The third kappa shape index (κ3) is 3.98. The Labute approximate surface area is 174 Å². The molecular weight excluding hydrogens is 376 g/mol. The summed E-state index contributed by atoms with van der Waals surface area (Å²) in [5.74, 6) is 0.685. The van der Waals surface area contributed by atoms with Crippen molar-refractivity contribution in [3.8, 4) is 0 Å². The van der Waals surface area contributed by atoms with Gasteiger partial charge in [-0.25, -0.2) is 9.97 Å². The number of aromatic amines is 1. The first-order chi connectivity index (χ1) is 14.5. The highest BCUT2D eigenvalue weighted by Crippen LogP contribution is 2.28. The molecule has 6 heteroatoms. The number of carbonyl (C=O) groups excluding carboxylic acids is 2. The van der Waals surface area contributed by atoms with Gasteiger partial charge >= 0.3 is 0 Å². The minimum absolute atomic E-state index is 0.0197. The van der Waals surface area contributed by atoms with Crippen molar-refractivity contribution in [2.24, 2.45) is 5.92 Å². The van der Waals surface area contributed by atoms with Gasteiger partial charge < -0.3 is 10.3 Å². The van der Waals surface area contributed by atoms with E-state index in [2.05, 4.69) is 20.3 Å². The van der Waals surface area contributed by atoms with Gasteiger partial charge in [0.15, 0.2) is 5.78 Å². The quantitative estimate of drug-likeness (QED) is 0.441. The fraction of sp³-hybridized carbons (Fsp3) is 0.167. The molecule has 2 heterocycles. The zero-order valence-electron chi connectivity index (χ0n) is 16.8. The first-order valence-electron chi connectivity index (χ1n) is 9.83. The van der Waals surface area contributed by atoms with Gasteiger partial charge in [0.1, 0.15) is 23.6 Å². The zero-order valence-corrected chi connectivity index (χ0v) is 16.8. The van der Waals surface area contributed by atoms with Crippen molar-refractivity contribution in [2.45, 2.75) is 20.3 Å². The third-order valence-electron chi connectivity index (χ3n) is 4.99. The highest BCUT2D eigenvalue weighted by Gasteiger charge is 2.18. The van der Waals surface area contributed by atoms with Gasteiger partial charge in [0.05, 0.1) is 10.9 Å². The number of H-pyrrole nitrogens is 1. The lowest BCUT2D eigenvalue weighted by Gasteiger charge is -2.09. The van der Waals surface area contributed by atoms with E-state index in [1.807, 2.05) is 56.3 Å². The summed E-state index contributed by atoms with van der Waals surface area (Å²) in [7, 11) is 0. The molecule has 0 fully saturated rings. The normalized spacial score (nSPS) is 11.0. The molecule has 0 saturated heterocycles. The summed E-state index contributed by atoms with van der Waals surface area (Å²) >= 11 is 0. The molecule has 30 heavy (non-hydrogen) atoms. The van der Waals surface area contributed by atoms with Gasteiger partial charge in [0, 0.05) is 29.8 Å². The molecule has 4 aromatic rings. The molecule has 2 N–H and O–H groups in total. The molecule has 0 saturated carbocycles. The number of hydrogen-bond donors (Lipinski definition) is 2. The summed E-state index contributed by atoms with van der Waals surface area (Å²) in [6, 6.07) is 16.8. The second-order valence-corrected chi connectivity index (χ2v) is 7.46. The van der Waals surface area contributed by atoms with Crippen LogP contribution in [0.4, 0.5) is 11.5 Å². The second-order valence-electron chi connectivity index (χ2n) is 7.46. The highest BCUT2D eigenvalue weighted by atomic mass is 16.1. The van der Waals surface area contributed by atoms with E-state index in [0.717, 1.165) is 11.3 Å². The van der Waals surface area contributed by atoms with Crippen molar-refractivity contribution in [2.75, 3.05) is 5.32 Å². The van der Waals surface area contributed by atoms with E-state index in [9.17, 15) is 9.59 Å². The molecule has 2 aromatic heterocycles. The van der Waals surface area contributed by atoms with E-state index in [1.165, 1.54) is 6.33 Å². The number of Topliss-reactive ketones (excluding diaryl/α,β-unsaturated/α-hetero) is 1. The van der Waals surface area contributed by atoms with E-state index in [4.69, 9.17) is 0 Å². The summed E-state index contributed by atoms with van der Waals surface area (Å²) in [6.07, 6.45) is 3.54. The first-order valence-corrected chi connectivity index (χ1v) is 9.83. The lowest BCUT2D eigenvalue weighted by atomic mass is 10.0. The lowest BCUT2D eigenvalue weighted by Crippen LogP contribution is -2.10. The Kier molecular flexibility index (Phi) is 5.39. The minimum atomic E-state index is -0.0951. The van der Waals surface area contributed by atoms with E-state index in [1.54, 1.807) is 18.3 Å². The summed E-state index contributed by atoms with van der Waals surface area (Å²) in [5.41, 5.74) is 3.49. The molecular formula is C24H22N4O2. The van der Waals surface area contributed by atoms with Crippen molar-refractivity contribution in [1.29, 1.82) is 0 Å². The monoisotopic (exact) mass is 398 g/mol. The van der Waals surface area contributed by atoms with Crippen LogP contribution in [0.15, 0.2) is 67.1 Å². The van der Waals surface area contributed by atoms with Crippen LogP contribution in [0.25, 0.3) is 11.0 Å². The Bertz CT molecular complexity index is 1200. The fourth-order valence-electron chi connectivity index (χ4n) is 3.23. The Balaban J connectivity index is 1.63. The molecule has 2 aromatic carbocycles. The standard InChI is InChI=1S/C24H22N4O2/c1-15(2)20(29)12-16-8-10-18(11-9-16)28-24-21-19(13-25-23(21)26-14-27-24)22(30)17-6-4-3-5-7-17/h3-11,13-15H,12H2,1-2H3,(H2,25,26,27,28). The summed E-state index contributed by atoms with van der Waals surface area (Å²) in [6.45, 7) is 3.81. The van der Waals surface area contributed by atoms with Crippen LogP contribution in [0.1, 0.15) is 35.3 Å². The van der Waals surface area contributed by atoms with Gasteiger partial charge in [-0.2, -0.15) is 0 Å². The number of fused-ring (bicyclic) bond motifs is 1. The first kappa shape index (κ1) is 19.5. The predicted octanol–water partition coefficient (Wildman–Crippen LogP) is 4.70. The van der Waals surface area contributed by atoms with Gasteiger partial charge in [0.25, 0.3) is 0 Å². The number of anilines is 2. The topological polar surface area (TPSA) is 87.7 Å². The molecule has 0 unspecified atom stereocenters. The van der Waals surface area contributed by atoms with Crippen LogP contribution in [0, 0.1) is 5.92 Å². The van der Waals surface area contributed by atoms with E-state index < -0.39 is 0 Å². The molecule has 0 radical (unpaired) electrons. The maximum absolute atomic E-state index is 13.0. The molecule has 0 atom stereocenters. The predicted molar refractivity (Wildman–Crippen MR) is 117 cm³/mol. The van der Waals surface area contributed by atoms with Crippen LogP contribution in [0.5, 0.6) is 0 Å². The molecule has 0 spiro atoms. The number of carbonyl (C=O) groups is 2. The van der Waals surface area contributed by atoms with Crippen molar-refractivity contribution in [1.82, 2.24) is 15.0 Å². The average Bonchev–Trinajstić information content (AvgIpc) is 3.20. The maximum Gasteiger partial charge on any atom is 0.195 e. The van der Waals surface area contributed by atoms with Crippen LogP contribution >= 0.6 is 0 Å². The highest BCUT2D eigenvalue weighted by molar-refractivity contribution is 6.18. The molecule has 150 valence electrons. The Morgan fingerprint density at radius 1 is 1.00 bits per heavy atom. The van der Waals surface area contributed by atoms with Gasteiger partial charge in [-0.15, -0.1) is 0 Å². The fourth-order valence-corrected chi connectivity index (χ4v) is 3.23. The molecule has 0 amide bonds. The van der Waals surface area contributed by atoms with Gasteiger partial charge in [0.2, 0.25) is 0 Å². The third-order valence-corrected chi connectivity index (χ3v) is 4.99. The minimum Gasteiger partial charge on any atom is -0.345 e. The Morgan fingerprint density at radius 2 is 1.73 bits per heavy atom. The maximum atomic E-state index is 13.0. The van der Waals surface area contributed by atoms with Gasteiger partial charge in [-0.3, -0.25) is 9.59 Å². The molecule has 0 aliphatic carbocycles. The van der Waals surface area contributed by atoms with Crippen LogP contribution in [0.2, 0.25) is 0 Å². The van der Waals surface area contributed by atoms with Crippen LogP contribution in [-0.4, -0.2) is 26.5 Å². The van der Waals surface area contributed by atoms with Crippen molar-refractivity contribution in [3.63, 3.8) is 0 Å². The number of nitrogens with one attached hydrogen (secondary N) is 2. The SMILES string of the molecule is CC(C)C(=O)Cc1ccc(Nc2ncnc3[nH]cc(C(=O)c4ccccc4)c23)cc1. The average molecular weight is 398 g/mol. The smallest absolute Gasteiger partial charge is 0.195 e. The van der Waals surface area contributed by atoms with Gasteiger partial charge in [-0.05, 0) is 17.7 Å². The lowest BCUT2D eigenvalue weighted by molar-refractivity contribution is -0.121.